The number of nitrogens with two attached hydrogens (primary N) is 1. The van der Waals surface area contributed by atoms with E-state index in [4.69, 9.17) is 5.73 Å². The van der Waals surface area contributed by atoms with Crippen molar-refractivity contribution >= 4 is 11.3 Å². The minimum Gasteiger partial charge on any atom is -0.385 e. The monoisotopic (exact) mass is 198 g/mol. The van der Waals surface area contributed by atoms with E-state index in [0.717, 1.165) is 18.0 Å². The molecule has 2 rings (SSSR count). The van der Waals surface area contributed by atoms with Crippen molar-refractivity contribution in [3.8, 4) is 0 Å². The molecule has 13 heavy (non-hydrogen) atoms. The standard InChI is InChI=1S/C9H14N2OS/c10-7(3-6-1-2-6)9(12)8-4-13-5-11-8/h4-7,9,12H,1-3,10H2. The molecule has 2 atom stereocenters. The van der Waals surface area contributed by atoms with Gasteiger partial charge in [0, 0.05) is 11.4 Å². The third kappa shape index (κ3) is 2.27. The Balaban J connectivity index is 1.91. The van der Waals surface area contributed by atoms with Gasteiger partial charge in [-0.25, -0.2) is 4.98 Å². The van der Waals surface area contributed by atoms with Crippen LogP contribution in [-0.4, -0.2) is 16.1 Å². The second-order valence-electron chi connectivity index (χ2n) is 3.70. The molecule has 1 aromatic heterocycles. The number of aliphatic hydroxyl groups excluding tert-OH is 1. The molecule has 1 aliphatic carbocycles. The van der Waals surface area contributed by atoms with E-state index in [-0.39, 0.29) is 6.04 Å². The Bertz CT molecular complexity index is 259. The Morgan fingerprint density at radius 2 is 2.46 bits per heavy atom. The molecule has 1 heterocycles. The summed E-state index contributed by atoms with van der Waals surface area (Å²) in [6.45, 7) is 0. The van der Waals surface area contributed by atoms with E-state index in [1.165, 1.54) is 24.2 Å². The summed E-state index contributed by atoms with van der Waals surface area (Å²) in [6, 6.07) is -0.144. The first-order valence-corrected chi connectivity index (χ1v) is 5.53. The van der Waals surface area contributed by atoms with Gasteiger partial charge in [-0.3, -0.25) is 0 Å². The van der Waals surface area contributed by atoms with Crippen molar-refractivity contribution < 1.29 is 5.11 Å². The molecule has 3 N–H and O–H groups in total. The van der Waals surface area contributed by atoms with Gasteiger partial charge in [0.1, 0.15) is 6.10 Å². The average molecular weight is 198 g/mol. The summed E-state index contributed by atoms with van der Waals surface area (Å²) >= 11 is 1.49. The van der Waals surface area contributed by atoms with Crippen molar-refractivity contribution in [3.05, 3.63) is 16.6 Å². The highest BCUT2D eigenvalue weighted by Crippen LogP contribution is 2.35. The zero-order valence-corrected chi connectivity index (χ0v) is 8.20. The molecule has 0 aromatic carbocycles. The molecule has 0 saturated heterocycles. The largest absolute Gasteiger partial charge is 0.385 e. The van der Waals surface area contributed by atoms with Crippen molar-refractivity contribution in [2.45, 2.75) is 31.4 Å². The fourth-order valence-corrected chi connectivity index (χ4v) is 2.04. The molecule has 2 unspecified atom stereocenters. The summed E-state index contributed by atoms with van der Waals surface area (Å²) in [7, 11) is 0. The number of thiazole rings is 1. The van der Waals surface area contributed by atoms with Crippen molar-refractivity contribution in [2.75, 3.05) is 0 Å². The van der Waals surface area contributed by atoms with Crippen LogP contribution in [0, 0.1) is 5.92 Å². The Morgan fingerprint density at radius 3 is 3.00 bits per heavy atom. The smallest absolute Gasteiger partial charge is 0.112 e. The zero-order valence-electron chi connectivity index (χ0n) is 7.39. The SMILES string of the molecule is NC(CC1CC1)C(O)c1cscn1. The summed E-state index contributed by atoms with van der Waals surface area (Å²) < 4.78 is 0. The third-order valence-corrected chi connectivity index (χ3v) is 3.07. The van der Waals surface area contributed by atoms with Crippen molar-refractivity contribution in [2.24, 2.45) is 11.7 Å². The van der Waals surface area contributed by atoms with E-state index in [2.05, 4.69) is 4.98 Å². The third-order valence-electron chi connectivity index (χ3n) is 2.46. The van der Waals surface area contributed by atoms with Crippen molar-refractivity contribution in [3.63, 3.8) is 0 Å². The minimum absolute atomic E-state index is 0.144. The van der Waals surface area contributed by atoms with Gasteiger partial charge in [-0.1, -0.05) is 12.8 Å². The van der Waals surface area contributed by atoms with E-state index in [0.29, 0.717) is 0 Å². The second-order valence-corrected chi connectivity index (χ2v) is 4.42. The molecule has 1 fully saturated rings. The molecular weight excluding hydrogens is 184 g/mol. The summed E-state index contributed by atoms with van der Waals surface area (Å²) in [4.78, 5) is 4.05. The van der Waals surface area contributed by atoms with Gasteiger partial charge in [-0.15, -0.1) is 11.3 Å². The van der Waals surface area contributed by atoms with Crippen LogP contribution in [0.3, 0.4) is 0 Å². The van der Waals surface area contributed by atoms with Crippen LogP contribution in [0.2, 0.25) is 0 Å². The van der Waals surface area contributed by atoms with Crippen LogP contribution in [0.15, 0.2) is 10.9 Å². The number of rotatable bonds is 4. The number of hydrogen-bond acceptors (Lipinski definition) is 4. The van der Waals surface area contributed by atoms with Crippen LogP contribution >= 0.6 is 11.3 Å². The van der Waals surface area contributed by atoms with E-state index >= 15 is 0 Å². The van der Waals surface area contributed by atoms with E-state index in [1.54, 1.807) is 5.51 Å². The molecule has 4 heteroatoms. The summed E-state index contributed by atoms with van der Waals surface area (Å²) in [6.07, 6.45) is 2.90. The number of nitrogens with zero attached hydrogens (tertiary/aromatic N) is 1. The molecule has 1 aliphatic rings. The topological polar surface area (TPSA) is 59.1 Å². The molecule has 0 amide bonds. The van der Waals surface area contributed by atoms with Crippen molar-refractivity contribution in [1.29, 1.82) is 0 Å². The van der Waals surface area contributed by atoms with Crippen LogP contribution in [0.25, 0.3) is 0 Å². The maximum atomic E-state index is 9.77. The van der Waals surface area contributed by atoms with Gasteiger partial charge in [0.2, 0.25) is 0 Å². The lowest BCUT2D eigenvalue weighted by Gasteiger charge is -2.16. The molecule has 1 aromatic rings. The van der Waals surface area contributed by atoms with Crippen LogP contribution < -0.4 is 5.73 Å². The minimum atomic E-state index is -0.577. The number of aliphatic hydroxyl groups is 1. The maximum absolute atomic E-state index is 9.77. The highest BCUT2D eigenvalue weighted by Gasteiger charge is 2.28. The molecule has 72 valence electrons. The Morgan fingerprint density at radius 1 is 1.69 bits per heavy atom. The summed E-state index contributed by atoms with van der Waals surface area (Å²) in [5.74, 6) is 0.753. The van der Waals surface area contributed by atoms with Gasteiger partial charge < -0.3 is 10.8 Å². The van der Waals surface area contributed by atoms with Gasteiger partial charge in [0.15, 0.2) is 0 Å². The lowest BCUT2D eigenvalue weighted by Crippen LogP contribution is -2.29. The van der Waals surface area contributed by atoms with E-state index in [1.807, 2.05) is 5.38 Å². The van der Waals surface area contributed by atoms with Gasteiger partial charge in [0.25, 0.3) is 0 Å². The number of aromatic nitrogens is 1. The van der Waals surface area contributed by atoms with Crippen LogP contribution in [0.5, 0.6) is 0 Å². The predicted octanol–water partition coefficient (Wildman–Crippen LogP) is 1.30. The highest BCUT2D eigenvalue weighted by atomic mass is 32.1. The molecule has 1 saturated carbocycles. The second kappa shape index (κ2) is 3.74. The van der Waals surface area contributed by atoms with Crippen molar-refractivity contribution in [1.82, 2.24) is 4.98 Å². The van der Waals surface area contributed by atoms with Crippen LogP contribution in [0.4, 0.5) is 0 Å². The molecule has 0 radical (unpaired) electrons. The molecular formula is C9H14N2OS. The van der Waals surface area contributed by atoms with Gasteiger partial charge >= 0.3 is 0 Å². The quantitative estimate of drug-likeness (QED) is 0.766. The average Bonchev–Trinajstić information content (AvgIpc) is 2.78. The highest BCUT2D eigenvalue weighted by molar-refractivity contribution is 7.07. The number of hydrogen-bond donors (Lipinski definition) is 2. The Kier molecular flexibility index (Phi) is 2.62. The van der Waals surface area contributed by atoms with Crippen LogP contribution in [-0.2, 0) is 0 Å². The fourth-order valence-electron chi connectivity index (χ4n) is 1.45. The Hall–Kier alpha value is -0.450. The first kappa shape index (κ1) is 9.12. The molecule has 0 aliphatic heterocycles. The van der Waals surface area contributed by atoms with Gasteiger partial charge in [0.05, 0.1) is 11.2 Å². The molecule has 0 spiro atoms. The molecule has 3 nitrogen and oxygen atoms in total. The predicted molar refractivity (Wildman–Crippen MR) is 52.4 cm³/mol. The normalized spacial score (nSPS) is 21.4. The van der Waals surface area contributed by atoms with E-state index < -0.39 is 6.10 Å². The summed E-state index contributed by atoms with van der Waals surface area (Å²) in [5.41, 5.74) is 8.31. The lowest BCUT2D eigenvalue weighted by molar-refractivity contribution is 0.136. The van der Waals surface area contributed by atoms with Gasteiger partial charge in [-0.05, 0) is 12.3 Å². The summed E-state index contributed by atoms with van der Waals surface area (Å²) in [5, 5.41) is 11.6. The first-order valence-electron chi connectivity index (χ1n) is 4.59. The van der Waals surface area contributed by atoms with Gasteiger partial charge in [-0.2, -0.15) is 0 Å². The lowest BCUT2D eigenvalue weighted by atomic mass is 10.0. The maximum Gasteiger partial charge on any atom is 0.112 e. The first-order chi connectivity index (χ1) is 6.27. The Labute approximate surface area is 81.6 Å². The fraction of sp³-hybridized carbons (Fsp3) is 0.667. The van der Waals surface area contributed by atoms with E-state index in [9.17, 15) is 5.11 Å². The molecule has 0 bridgehead atoms. The zero-order chi connectivity index (χ0) is 9.26. The van der Waals surface area contributed by atoms with Crippen LogP contribution in [0.1, 0.15) is 31.1 Å².